The Morgan fingerprint density at radius 1 is 0.432 bits per heavy atom. The van der Waals surface area contributed by atoms with E-state index in [1.165, 1.54) is 57.3 Å². The number of rotatable bonds is 4. The number of benzene rings is 8. The summed E-state index contributed by atoms with van der Waals surface area (Å²) in [7, 11) is 2.81. The van der Waals surface area contributed by atoms with Gasteiger partial charge in [0.25, 0.3) is 0 Å². The zero-order valence-electron chi connectivity index (χ0n) is 24.3. The van der Waals surface area contributed by atoms with Crippen LogP contribution < -0.4 is 0 Å². The number of ether oxygens (including phenoxy) is 2. The fourth-order valence-electron chi connectivity index (χ4n) is 8.48. The maximum absolute atomic E-state index is 13.6. The Morgan fingerprint density at radius 3 is 1.11 bits per heavy atom. The van der Waals surface area contributed by atoms with Gasteiger partial charge in [0, 0.05) is 11.8 Å². The van der Waals surface area contributed by atoms with Crippen LogP contribution in [0.25, 0.3) is 64.6 Å². The van der Waals surface area contributed by atoms with Gasteiger partial charge in [-0.1, -0.05) is 109 Å². The third-order valence-electron chi connectivity index (χ3n) is 10.3. The molecule has 4 atom stereocenters. The minimum Gasteiger partial charge on any atom is -0.469 e. The molecule has 9 rings (SSSR count). The SMILES string of the molecule is COC(=O)[C@@H]1[C@H](C(=O)OC)[C@H](c2ccc3ccc4cccc5ccc2c3c45)[C@@H]1c1ccc2ccc3cccc4ccc1c2c34. The highest BCUT2D eigenvalue weighted by molar-refractivity contribution is 6.25. The Hall–Kier alpha value is -5.22. The van der Waals surface area contributed by atoms with Gasteiger partial charge in [-0.3, -0.25) is 9.59 Å². The van der Waals surface area contributed by atoms with E-state index in [0.29, 0.717) is 0 Å². The lowest BCUT2D eigenvalue weighted by atomic mass is 9.51. The maximum Gasteiger partial charge on any atom is 0.310 e. The summed E-state index contributed by atoms with van der Waals surface area (Å²) in [5.41, 5.74) is 2.11. The molecule has 0 heterocycles. The van der Waals surface area contributed by atoms with Gasteiger partial charge in [-0.25, -0.2) is 0 Å². The van der Waals surface area contributed by atoms with E-state index >= 15 is 0 Å². The second kappa shape index (κ2) is 9.14. The van der Waals surface area contributed by atoms with Crippen LogP contribution in [0.2, 0.25) is 0 Å². The predicted octanol–water partition coefficient (Wildman–Crippen LogP) is 8.94. The Labute approximate surface area is 253 Å². The first-order valence-electron chi connectivity index (χ1n) is 15.1. The van der Waals surface area contributed by atoms with Crippen molar-refractivity contribution in [1.29, 1.82) is 0 Å². The quantitative estimate of drug-likeness (QED) is 0.156. The molecule has 1 aliphatic rings. The van der Waals surface area contributed by atoms with E-state index in [4.69, 9.17) is 9.47 Å². The number of esters is 2. The van der Waals surface area contributed by atoms with E-state index in [1.807, 2.05) is 0 Å². The number of carbonyl (C=O) groups excluding carboxylic acids is 2. The highest BCUT2D eigenvalue weighted by Gasteiger charge is 2.60. The fourth-order valence-corrected chi connectivity index (χ4v) is 8.48. The van der Waals surface area contributed by atoms with Gasteiger partial charge in [-0.15, -0.1) is 0 Å². The minimum atomic E-state index is -0.672. The summed E-state index contributed by atoms with van der Waals surface area (Å²) in [6.45, 7) is 0. The van der Waals surface area contributed by atoms with Crippen LogP contribution in [0, 0.1) is 11.8 Å². The van der Waals surface area contributed by atoms with E-state index in [1.54, 1.807) is 0 Å². The van der Waals surface area contributed by atoms with Crippen LogP contribution in [0.1, 0.15) is 23.0 Å². The smallest absolute Gasteiger partial charge is 0.310 e. The van der Waals surface area contributed by atoms with Crippen LogP contribution in [-0.2, 0) is 19.1 Å². The summed E-state index contributed by atoms with van der Waals surface area (Å²) in [6, 6.07) is 38.8. The largest absolute Gasteiger partial charge is 0.469 e. The van der Waals surface area contributed by atoms with Gasteiger partial charge in [0.15, 0.2) is 0 Å². The first-order chi connectivity index (χ1) is 21.6. The molecule has 0 radical (unpaired) electrons. The van der Waals surface area contributed by atoms with Crippen LogP contribution in [0.3, 0.4) is 0 Å². The van der Waals surface area contributed by atoms with Crippen molar-refractivity contribution in [3.05, 3.63) is 120 Å². The zero-order valence-corrected chi connectivity index (χ0v) is 24.3. The van der Waals surface area contributed by atoms with Gasteiger partial charge in [0.1, 0.15) is 0 Å². The second-order valence-electron chi connectivity index (χ2n) is 12.2. The Bertz CT molecular complexity index is 2240. The second-order valence-corrected chi connectivity index (χ2v) is 12.2. The molecule has 1 fully saturated rings. The summed E-state index contributed by atoms with van der Waals surface area (Å²) in [5, 5.41) is 14.1. The molecule has 212 valence electrons. The molecular formula is C40H28O4. The van der Waals surface area contributed by atoms with E-state index in [2.05, 4.69) is 109 Å². The van der Waals surface area contributed by atoms with E-state index in [-0.39, 0.29) is 23.8 Å². The molecule has 8 aromatic carbocycles. The first kappa shape index (κ1) is 25.3. The normalized spacial score (nSPS) is 20.2. The van der Waals surface area contributed by atoms with Crippen molar-refractivity contribution in [2.45, 2.75) is 11.8 Å². The van der Waals surface area contributed by atoms with Crippen molar-refractivity contribution in [2.24, 2.45) is 11.8 Å². The molecule has 0 amide bonds. The lowest BCUT2D eigenvalue weighted by molar-refractivity contribution is -0.168. The molecule has 8 aromatic rings. The van der Waals surface area contributed by atoms with Crippen LogP contribution in [0.15, 0.2) is 109 Å². The number of methoxy groups -OCH3 is 2. The average molecular weight is 573 g/mol. The topological polar surface area (TPSA) is 52.6 Å². The van der Waals surface area contributed by atoms with Gasteiger partial charge >= 0.3 is 11.9 Å². The average Bonchev–Trinajstić information content (AvgIpc) is 3.06. The lowest BCUT2D eigenvalue weighted by Crippen LogP contribution is -2.52. The van der Waals surface area contributed by atoms with Gasteiger partial charge in [0.2, 0.25) is 0 Å². The molecule has 0 saturated heterocycles. The molecule has 0 bridgehead atoms. The molecule has 0 spiro atoms. The highest BCUT2D eigenvalue weighted by atomic mass is 16.5. The van der Waals surface area contributed by atoms with Gasteiger partial charge in [-0.2, -0.15) is 0 Å². The molecule has 0 unspecified atom stereocenters. The summed E-state index contributed by atoms with van der Waals surface area (Å²) >= 11 is 0. The number of carbonyl (C=O) groups is 2. The molecule has 44 heavy (non-hydrogen) atoms. The summed E-state index contributed by atoms with van der Waals surface area (Å²) in [6.07, 6.45) is 0. The Balaban J connectivity index is 1.34. The molecule has 4 heteroatoms. The van der Waals surface area contributed by atoms with Gasteiger partial charge in [0.05, 0.1) is 26.1 Å². The molecule has 0 aliphatic heterocycles. The Morgan fingerprint density at radius 2 is 0.750 bits per heavy atom. The van der Waals surface area contributed by atoms with Crippen molar-refractivity contribution in [3.63, 3.8) is 0 Å². The van der Waals surface area contributed by atoms with E-state index < -0.39 is 11.8 Å². The third-order valence-corrected chi connectivity index (χ3v) is 10.3. The summed E-state index contributed by atoms with van der Waals surface area (Å²) < 4.78 is 10.7. The van der Waals surface area contributed by atoms with Crippen molar-refractivity contribution < 1.29 is 19.1 Å². The monoisotopic (exact) mass is 572 g/mol. The summed E-state index contributed by atoms with van der Waals surface area (Å²) in [4.78, 5) is 27.1. The van der Waals surface area contributed by atoms with Crippen LogP contribution in [-0.4, -0.2) is 26.2 Å². The summed E-state index contributed by atoms with van der Waals surface area (Å²) in [5.74, 6) is -2.68. The van der Waals surface area contributed by atoms with Crippen LogP contribution >= 0.6 is 0 Å². The number of hydrogen-bond donors (Lipinski definition) is 0. The maximum atomic E-state index is 13.6. The third kappa shape index (κ3) is 3.23. The zero-order chi connectivity index (χ0) is 29.7. The fraction of sp³-hybridized carbons (Fsp3) is 0.150. The molecule has 1 saturated carbocycles. The molecule has 0 aromatic heterocycles. The molecule has 4 nitrogen and oxygen atoms in total. The molecule has 1 aliphatic carbocycles. The molecule has 0 N–H and O–H groups in total. The molecular weight excluding hydrogens is 544 g/mol. The van der Waals surface area contributed by atoms with Crippen LogP contribution in [0.4, 0.5) is 0 Å². The van der Waals surface area contributed by atoms with Crippen molar-refractivity contribution in [2.75, 3.05) is 14.2 Å². The van der Waals surface area contributed by atoms with Gasteiger partial charge < -0.3 is 9.47 Å². The first-order valence-corrected chi connectivity index (χ1v) is 15.1. The van der Waals surface area contributed by atoms with Crippen LogP contribution in [0.5, 0.6) is 0 Å². The van der Waals surface area contributed by atoms with E-state index in [9.17, 15) is 9.59 Å². The van der Waals surface area contributed by atoms with Crippen molar-refractivity contribution >= 4 is 76.6 Å². The number of hydrogen-bond acceptors (Lipinski definition) is 4. The Kier molecular flexibility index (Phi) is 5.25. The lowest BCUT2D eigenvalue weighted by Gasteiger charge is -2.50. The van der Waals surface area contributed by atoms with Gasteiger partial charge in [-0.05, 0) is 75.8 Å². The highest BCUT2D eigenvalue weighted by Crippen LogP contribution is 2.61. The van der Waals surface area contributed by atoms with E-state index in [0.717, 1.165) is 32.7 Å². The van der Waals surface area contributed by atoms with Crippen molar-refractivity contribution in [3.8, 4) is 0 Å². The van der Waals surface area contributed by atoms with Crippen molar-refractivity contribution in [1.82, 2.24) is 0 Å². The standard InChI is InChI=1S/C40H28O4/c1-43-39(41)37-35(29-19-15-25-11-9-21-5-3-7-23-13-17-27(29)33(25)31(21)23)36(38(37)40(42)44-2)30-20-16-26-12-10-22-6-4-8-24-14-18-28(30)34(26)32(22)24/h3-20,35-38H,1-2H3/t35-,36+,37-,38+. The minimum absolute atomic E-state index is 0.283. The predicted molar refractivity (Wildman–Crippen MR) is 177 cm³/mol.